The Kier molecular flexibility index (Phi) is 2.37. The predicted octanol–water partition coefficient (Wildman–Crippen LogP) is 1.65. The standard InChI is InChI=1S/C13H21NO/c1-14(12-4-5-13(12)15)8-11-7-9-2-3-10(11)6-9/h2-3,9-13,15H,4-8H2,1H3. The third-order valence-corrected chi connectivity index (χ3v) is 4.71. The molecule has 84 valence electrons. The van der Waals surface area contributed by atoms with Gasteiger partial charge in [0.15, 0.2) is 0 Å². The largest absolute Gasteiger partial charge is 0.391 e. The maximum atomic E-state index is 9.63. The number of likely N-dealkylation sites (N-methyl/N-ethyl adjacent to an activating group) is 1. The van der Waals surface area contributed by atoms with Gasteiger partial charge in [0.25, 0.3) is 0 Å². The van der Waals surface area contributed by atoms with Gasteiger partial charge in [0.05, 0.1) is 6.10 Å². The number of allylic oxidation sites excluding steroid dienone is 2. The fourth-order valence-electron chi connectivity index (χ4n) is 3.59. The number of aliphatic hydroxyl groups excluding tert-OH is 1. The van der Waals surface area contributed by atoms with Crippen molar-refractivity contribution >= 4 is 0 Å². The molecule has 2 fully saturated rings. The normalized spacial score (nSPS) is 47.5. The fourth-order valence-corrected chi connectivity index (χ4v) is 3.59. The Bertz CT molecular complexity index is 276. The minimum absolute atomic E-state index is 0.0517. The van der Waals surface area contributed by atoms with Gasteiger partial charge in [-0.1, -0.05) is 12.2 Å². The topological polar surface area (TPSA) is 23.5 Å². The van der Waals surface area contributed by atoms with Crippen LogP contribution >= 0.6 is 0 Å². The van der Waals surface area contributed by atoms with Crippen molar-refractivity contribution in [3.63, 3.8) is 0 Å². The summed E-state index contributed by atoms with van der Waals surface area (Å²) in [6.45, 7) is 1.19. The molecule has 0 radical (unpaired) electrons. The number of hydrogen-bond donors (Lipinski definition) is 1. The van der Waals surface area contributed by atoms with Gasteiger partial charge in [0.1, 0.15) is 0 Å². The first-order valence-corrected chi connectivity index (χ1v) is 6.30. The lowest BCUT2D eigenvalue weighted by molar-refractivity contribution is -0.0164. The average Bonchev–Trinajstić information content (AvgIpc) is 2.76. The van der Waals surface area contributed by atoms with Crippen molar-refractivity contribution in [3.8, 4) is 0 Å². The highest BCUT2D eigenvalue weighted by molar-refractivity contribution is 5.10. The van der Waals surface area contributed by atoms with E-state index in [2.05, 4.69) is 24.1 Å². The molecule has 0 aliphatic heterocycles. The van der Waals surface area contributed by atoms with E-state index in [0.717, 1.165) is 24.2 Å². The van der Waals surface area contributed by atoms with Gasteiger partial charge in [-0.3, -0.25) is 0 Å². The van der Waals surface area contributed by atoms with Crippen LogP contribution in [0.15, 0.2) is 12.2 Å². The lowest BCUT2D eigenvalue weighted by Crippen LogP contribution is -2.50. The van der Waals surface area contributed by atoms with Gasteiger partial charge in [-0.05, 0) is 50.5 Å². The number of fused-ring (bicyclic) bond motifs is 2. The van der Waals surface area contributed by atoms with Crippen LogP contribution in [0.3, 0.4) is 0 Å². The summed E-state index contributed by atoms with van der Waals surface area (Å²) in [6.07, 6.45) is 9.74. The summed E-state index contributed by atoms with van der Waals surface area (Å²) in [5.74, 6) is 2.58. The summed E-state index contributed by atoms with van der Waals surface area (Å²) in [5.41, 5.74) is 0. The molecule has 2 saturated carbocycles. The quantitative estimate of drug-likeness (QED) is 0.711. The van der Waals surface area contributed by atoms with Crippen LogP contribution in [-0.2, 0) is 0 Å². The second-order valence-electron chi connectivity index (χ2n) is 5.69. The maximum absolute atomic E-state index is 9.63. The lowest BCUT2D eigenvalue weighted by atomic mass is 9.86. The minimum atomic E-state index is -0.0517. The first-order valence-electron chi connectivity index (χ1n) is 6.30. The van der Waals surface area contributed by atoms with E-state index in [1.165, 1.54) is 25.8 Å². The zero-order valence-corrected chi connectivity index (χ0v) is 9.47. The van der Waals surface area contributed by atoms with Crippen LogP contribution in [0, 0.1) is 17.8 Å². The van der Waals surface area contributed by atoms with Gasteiger partial charge < -0.3 is 10.0 Å². The van der Waals surface area contributed by atoms with Crippen molar-refractivity contribution in [2.24, 2.45) is 17.8 Å². The minimum Gasteiger partial charge on any atom is -0.391 e. The van der Waals surface area contributed by atoms with Crippen LogP contribution in [0.1, 0.15) is 25.7 Å². The van der Waals surface area contributed by atoms with Crippen molar-refractivity contribution in [2.45, 2.75) is 37.8 Å². The van der Waals surface area contributed by atoms with E-state index < -0.39 is 0 Å². The number of hydrogen-bond acceptors (Lipinski definition) is 2. The Labute approximate surface area is 92.0 Å². The molecule has 0 aromatic rings. The smallest absolute Gasteiger partial charge is 0.0695 e. The molecular formula is C13H21NO. The molecule has 0 spiro atoms. The molecule has 15 heavy (non-hydrogen) atoms. The molecule has 3 aliphatic carbocycles. The Balaban J connectivity index is 1.55. The van der Waals surface area contributed by atoms with Gasteiger partial charge >= 0.3 is 0 Å². The van der Waals surface area contributed by atoms with Gasteiger partial charge in [-0.2, -0.15) is 0 Å². The van der Waals surface area contributed by atoms with E-state index in [0.29, 0.717) is 6.04 Å². The van der Waals surface area contributed by atoms with Crippen molar-refractivity contribution in [3.05, 3.63) is 12.2 Å². The van der Waals surface area contributed by atoms with E-state index in [-0.39, 0.29) is 6.10 Å². The number of aliphatic hydroxyl groups is 1. The zero-order chi connectivity index (χ0) is 10.4. The summed E-state index contributed by atoms with van der Waals surface area (Å²) in [5, 5.41) is 9.63. The van der Waals surface area contributed by atoms with Gasteiger partial charge in [0.2, 0.25) is 0 Å². The molecule has 0 aromatic heterocycles. The summed E-state index contributed by atoms with van der Waals surface area (Å²) in [6, 6.07) is 0.452. The van der Waals surface area contributed by atoms with Crippen LogP contribution in [-0.4, -0.2) is 35.7 Å². The molecule has 1 N–H and O–H groups in total. The second-order valence-corrected chi connectivity index (χ2v) is 5.69. The summed E-state index contributed by atoms with van der Waals surface area (Å²) >= 11 is 0. The van der Waals surface area contributed by atoms with E-state index >= 15 is 0 Å². The third-order valence-electron chi connectivity index (χ3n) is 4.71. The molecule has 0 heterocycles. The van der Waals surface area contributed by atoms with Crippen molar-refractivity contribution in [1.82, 2.24) is 4.90 Å². The van der Waals surface area contributed by atoms with Crippen LogP contribution in [0.2, 0.25) is 0 Å². The molecule has 2 nitrogen and oxygen atoms in total. The zero-order valence-electron chi connectivity index (χ0n) is 9.47. The van der Waals surface area contributed by atoms with Crippen molar-refractivity contribution in [2.75, 3.05) is 13.6 Å². The average molecular weight is 207 g/mol. The van der Waals surface area contributed by atoms with Crippen molar-refractivity contribution < 1.29 is 5.11 Å². The molecule has 3 rings (SSSR count). The van der Waals surface area contributed by atoms with Crippen LogP contribution in [0.25, 0.3) is 0 Å². The third kappa shape index (κ3) is 1.64. The molecule has 0 aromatic carbocycles. The Morgan fingerprint density at radius 2 is 2.13 bits per heavy atom. The molecule has 5 unspecified atom stereocenters. The molecule has 2 bridgehead atoms. The summed E-state index contributed by atoms with van der Waals surface area (Å²) < 4.78 is 0. The molecule has 0 amide bonds. The Morgan fingerprint density at radius 3 is 2.60 bits per heavy atom. The van der Waals surface area contributed by atoms with Crippen LogP contribution < -0.4 is 0 Å². The fraction of sp³-hybridized carbons (Fsp3) is 0.846. The molecule has 0 saturated heterocycles. The molecular weight excluding hydrogens is 186 g/mol. The second kappa shape index (κ2) is 3.60. The van der Waals surface area contributed by atoms with E-state index in [4.69, 9.17) is 0 Å². The molecule has 5 atom stereocenters. The Morgan fingerprint density at radius 1 is 1.27 bits per heavy atom. The van der Waals surface area contributed by atoms with Gasteiger partial charge in [-0.15, -0.1) is 0 Å². The first kappa shape index (κ1) is 9.86. The van der Waals surface area contributed by atoms with E-state index in [1.54, 1.807) is 0 Å². The van der Waals surface area contributed by atoms with Gasteiger partial charge in [0, 0.05) is 12.6 Å². The van der Waals surface area contributed by atoms with Crippen LogP contribution in [0.4, 0.5) is 0 Å². The van der Waals surface area contributed by atoms with E-state index in [1.807, 2.05) is 0 Å². The SMILES string of the molecule is CN(CC1CC2C=CC1C2)C1CCC1O. The van der Waals surface area contributed by atoms with E-state index in [9.17, 15) is 5.11 Å². The van der Waals surface area contributed by atoms with Gasteiger partial charge in [-0.25, -0.2) is 0 Å². The summed E-state index contributed by atoms with van der Waals surface area (Å²) in [4.78, 5) is 2.40. The summed E-state index contributed by atoms with van der Waals surface area (Å²) in [7, 11) is 2.18. The highest BCUT2D eigenvalue weighted by atomic mass is 16.3. The number of rotatable bonds is 3. The van der Waals surface area contributed by atoms with Crippen molar-refractivity contribution in [1.29, 1.82) is 0 Å². The monoisotopic (exact) mass is 207 g/mol. The first-order chi connectivity index (χ1) is 7.24. The van der Waals surface area contributed by atoms with Crippen LogP contribution in [0.5, 0.6) is 0 Å². The Hall–Kier alpha value is -0.340. The predicted molar refractivity (Wildman–Crippen MR) is 60.5 cm³/mol. The maximum Gasteiger partial charge on any atom is 0.0695 e. The highest BCUT2D eigenvalue weighted by Gasteiger charge is 2.39. The molecule has 3 aliphatic rings. The highest BCUT2D eigenvalue weighted by Crippen LogP contribution is 2.44. The lowest BCUT2D eigenvalue weighted by Gasteiger charge is -2.41. The number of nitrogens with zero attached hydrogens (tertiary/aromatic N) is 1. The molecule has 2 heteroatoms.